The Balaban J connectivity index is 2.96. The number of carbonyl (C=O) groups is 1. The van der Waals surface area contributed by atoms with Gasteiger partial charge in [0.15, 0.2) is 0 Å². The van der Waals surface area contributed by atoms with E-state index in [-0.39, 0.29) is 17.9 Å². The average Bonchev–Trinajstić information content (AvgIpc) is 2.35. The minimum absolute atomic E-state index is 0.0467. The number of halogens is 3. The van der Waals surface area contributed by atoms with Crippen molar-refractivity contribution < 1.29 is 22.7 Å². The molecule has 3 N–H and O–H groups in total. The van der Waals surface area contributed by atoms with E-state index in [1.807, 2.05) is 0 Å². The second-order valence-electron chi connectivity index (χ2n) is 3.44. The molecule has 0 aliphatic heterocycles. The Labute approximate surface area is 118 Å². The molecule has 0 aliphatic carbocycles. The van der Waals surface area contributed by atoms with Crippen molar-refractivity contribution in [3.8, 4) is 18.1 Å². The van der Waals surface area contributed by atoms with Gasteiger partial charge in [-0.15, -0.1) is 19.6 Å². The SMILES string of the molecule is C#CCNC(=O)N(S)c1cc(OC(F)(F)F)ccc1N. The minimum Gasteiger partial charge on any atom is -0.406 e. The van der Waals surface area contributed by atoms with Gasteiger partial charge in [-0.05, 0) is 12.1 Å². The predicted octanol–water partition coefficient (Wildman–Crippen LogP) is 2.16. The first-order chi connectivity index (χ1) is 9.24. The van der Waals surface area contributed by atoms with Crippen molar-refractivity contribution in [1.82, 2.24) is 5.32 Å². The number of thiol groups is 1. The molecule has 0 heterocycles. The highest BCUT2D eigenvalue weighted by atomic mass is 32.1. The molecule has 108 valence electrons. The minimum atomic E-state index is -4.85. The number of benzene rings is 1. The number of nitrogens with one attached hydrogen (secondary N) is 1. The largest absolute Gasteiger partial charge is 0.573 e. The lowest BCUT2D eigenvalue weighted by atomic mass is 10.2. The quantitative estimate of drug-likeness (QED) is 0.455. The highest BCUT2D eigenvalue weighted by Gasteiger charge is 2.31. The summed E-state index contributed by atoms with van der Waals surface area (Å²) in [4.78, 5) is 11.6. The van der Waals surface area contributed by atoms with Gasteiger partial charge in [0.1, 0.15) is 5.75 Å². The Bertz CT molecular complexity index is 543. The summed E-state index contributed by atoms with van der Waals surface area (Å²) < 4.78 is 40.8. The third-order valence-corrected chi connectivity index (χ3v) is 2.39. The normalized spacial score (nSPS) is 10.6. The molecule has 0 bridgehead atoms. The van der Waals surface area contributed by atoms with Gasteiger partial charge in [0.05, 0.1) is 17.9 Å². The molecule has 0 atom stereocenters. The lowest BCUT2D eigenvalue weighted by molar-refractivity contribution is -0.274. The Hall–Kier alpha value is -2.21. The summed E-state index contributed by atoms with van der Waals surface area (Å²) in [5.74, 6) is 1.64. The van der Waals surface area contributed by atoms with Gasteiger partial charge < -0.3 is 15.8 Å². The summed E-state index contributed by atoms with van der Waals surface area (Å²) >= 11 is 3.85. The van der Waals surface area contributed by atoms with Crippen LogP contribution < -0.4 is 20.1 Å². The molecular weight excluding hydrogens is 295 g/mol. The maximum atomic E-state index is 12.1. The third-order valence-electron chi connectivity index (χ3n) is 2.00. The van der Waals surface area contributed by atoms with Crippen LogP contribution in [-0.2, 0) is 0 Å². The fraction of sp³-hybridized carbons (Fsp3) is 0.182. The van der Waals surface area contributed by atoms with E-state index in [0.29, 0.717) is 0 Å². The number of amides is 2. The summed E-state index contributed by atoms with van der Waals surface area (Å²) in [6.45, 7) is -0.0610. The molecule has 1 rings (SSSR count). The summed E-state index contributed by atoms with van der Waals surface area (Å²) in [5.41, 5.74) is 5.55. The van der Waals surface area contributed by atoms with E-state index in [9.17, 15) is 18.0 Å². The smallest absolute Gasteiger partial charge is 0.406 e. The van der Waals surface area contributed by atoms with Gasteiger partial charge in [0.2, 0.25) is 0 Å². The van der Waals surface area contributed by atoms with Crippen LogP contribution in [0.3, 0.4) is 0 Å². The number of nitrogens with two attached hydrogens (primary N) is 1. The fourth-order valence-corrected chi connectivity index (χ4v) is 1.46. The number of terminal acetylenes is 1. The number of urea groups is 1. The number of nitrogens with zero attached hydrogens (tertiary/aromatic N) is 1. The van der Waals surface area contributed by atoms with Crippen LogP contribution in [0.5, 0.6) is 5.75 Å². The molecule has 0 radical (unpaired) electrons. The summed E-state index contributed by atoms with van der Waals surface area (Å²) in [6, 6.07) is 2.38. The lowest BCUT2D eigenvalue weighted by Crippen LogP contribution is -2.34. The molecule has 0 aliphatic rings. The highest BCUT2D eigenvalue weighted by molar-refractivity contribution is 7.82. The Morgan fingerprint density at radius 2 is 2.20 bits per heavy atom. The number of hydrogen-bond acceptors (Lipinski definition) is 4. The molecule has 0 fully saturated rings. The molecule has 0 saturated carbocycles. The van der Waals surface area contributed by atoms with E-state index in [1.54, 1.807) is 0 Å². The first kappa shape index (κ1) is 15.8. The van der Waals surface area contributed by atoms with Crippen molar-refractivity contribution in [2.24, 2.45) is 0 Å². The first-order valence-corrected chi connectivity index (χ1v) is 5.50. The monoisotopic (exact) mass is 305 g/mol. The van der Waals surface area contributed by atoms with E-state index in [1.165, 1.54) is 0 Å². The van der Waals surface area contributed by atoms with Crippen molar-refractivity contribution in [2.45, 2.75) is 6.36 Å². The van der Waals surface area contributed by atoms with E-state index < -0.39 is 18.1 Å². The number of hydrogen-bond donors (Lipinski definition) is 3. The van der Waals surface area contributed by atoms with Crippen LogP contribution in [0.1, 0.15) is 0 Å². The van der Waals surface area contributed by atoms with Crippen LogP contribution >= 0.6 is 12.8 Å². The van der Waals surface area contributed by atoms with Crippen LogP contribution in [0.4, 0.5) is 29.3 Å². The van der Waals surface area contributed by atoms with Crippen molar-refractivity contribution >= 4 is 30.2 Å². The van der Waals surface area contributed by atoms with Crippen LogP contribution in [0.15, 0.2) is 18.2 Å². The van der Waals surface area contributed by atoms with Gasteiger partial charge in [-0.2, -0.15) is 0 Å². The first-order valence-electron chi connectivity index (χ1n) is 5.10. The van der Waals surface area contributed by atoms with Gasteiger partial charge in [0.25, 0.3) is 0 Å². The second kappa shape index (κ2) is 6.29. The van der Waals surface area contributed by atoms with Crippen molar-refractivity contribution in [3.05, 3.63) is 18.2 Å². The zero-order valence-electron chi connectivity index (χ0n) is 9.94. The zero-order valence-corrected chi connectivity index (χ0v) is 10.8. The number of carbonyl (C=O) groups excluding carboxylic acids is 1. The van der Waals surface area contributed by atoms with Crippen molar-refractivity contribution in [2.75, 3.05) is 16.6 Å². The van der Waals surface area contributed by atoms with Gasteiger partial charge in [-0.1, -0.05) is 18.7 Å². The standard InChI is InChI=1S/C11H10F3N3O2S/c1-2-5-16-10(18)17(20)9-6-7(3-4-8(9)15)19-11(12,13)14/h1,3-4,6,20H,5,15H2,(H,16,18). The van der Waals surface area contributed by atoms with Gasteiger partial charge in [-0.25, -0.2) is 9.10 Å². The molecule has 2 amide bonds. The van der Waals surface area contributed by atoms with E-state index in [0.717, 1.165) is 22.5 Å². The molecular formula is C11H10F3N3O2S. The predicted molar refractivity (Wildman–Crippen MR) is 71.2 cm³/mol. The molecule has 20 heavy (non-hydrogen) atoms. The maximum Gasteiger partial charge on any atom is 0.573 e. The van der Waals surface area contributed by atoms with Gasteiger partial charge in [0, 0.05) is 6.07 Å². The van der Waals surface area contributed by atoms with Gasteiger partial charge in [-0.3, -0.25) is 0 Å². The Kier molecular flexibility index (Phi) is 4.99. The zero-order chi connectivity index (χ0) is 15.3. The average molecular weight is 305 g/mol. The Morgan fingerprint density at radius 3 is 2.75 bits per heavy atom. The van der Waals surface area contributed by atoms with Crippen molar-refractivity contribution in [1.29, 1.82) is 0 Å². The lowest BCUT2D eigenvalue weighted by Gasteiger charge is -2.19. The van der Waals surface area contributed by atoms with Crippen LogP contribution in [0, 0.1) is 12.3 Å². The fourth-order valence-electron chi connectivity index (χ4n) is 1.21. The summed E-state index contributed by atoms with van der Waals surface area (Å²) in [7, 11) is 0. The summed E-state index contributed by atoms with van der Waals surface area (Å²) in [6.07, 6.45) is 0.114. The van der Waals surface area contributed by atoms with Crippen molar-refractivity contribution in [3.63, 3.8) is 0 Å². The number of nitrogen functional groups attached to an aromatic ring is 1. The third kappa shape index (κ3) is 4.47. The molecule has 0 aromatic heterocycles. The molecule has 0 unspecified atom stereocenters. The highest BCUT2D eigenvalue weighted by Crippen LogP contribution is 2.32. The van der Waals surface area contributed by atoms with E-state index >= 15 is 0 Å². The number of ether oxygens (including phenoxy) is 1. The number of alkyl halides is 3. The van der Waals surface area contributed by atoms with Crippen LogP contribution in [0.25, 0.3) is 0 Å². The molecule has 1 aromatic rings. The second-order valence-corrected chi connectivity index (χ2v) is 3.84. The molecule has 1 aromatic carbocycles. The maximum absolute atomic E-state index is 12.1. The van der Waals surface area contributed by atoms with Crippen LogP contribution in [0.2, 0.25) is 0 Å². The molecule has 5 nitrogen and oxygen atoms in total. The number of anilines is 2. The van der Waals surface area contributed by atoms with Crippen LogP contribution in [-0.4, -0.2) is 18.9 Å². The Morgan fingerprint density at radius 1 is 1.55 bits per heavy atom. The topological polar surface area (TPSA) is 67.6 Å². The summed E-state index contributed by atoms with van der Waals surface area (Å²) in [5, 5.41) is 2.28. The molecule has 0 saturated heterocycles. The number of rotatable bonds is 3. The molecule has 0 spiro atoms. The van der Waals surface area contributed by atoms with Gasteiger partial charge >= 0.3 is 12.4 Å². The van der Waals surface area contributed by atoms with E-state index in [4.69, 9.17) is 12.2 Å². The molecule has 9 heteroatoms. The van der Waals surface area contributed by atoms with E-state index in [2.05, 4.69) is 28.8 Å².